The fourth-order valence-corrected chi connectivity index (χ4v) is 4.14. The summed E-state index contributed by atoms with van der Waals surface area (Å²) in [6, 6.07) is 2.56. The van der Waals surface area contributed by atoms with E-state index >= 15 is 0 Å². The molecule has 1 heterocycles. The molecule has 2 nitrogen and oxygen atoms in total. The van der Waals surface area contributed by atoms with Crippen molar-refractivity contribution in [3.63, 3.8) is 0 Å². The van der Waals surface area contributed by atoms with Gasteiger partial charge in [-0.05, 0) is 52.6 Å². The molecule has 0 amide bonds. The highest BCUT2D eigenvalue weighted by atomic mass is 79.9. The van der Waals surface area contributed by atoms with Gasteiger partial charge in [0.25, 0.3) is 0 Å². The van der Waals surface area contributed by atoms with E-state index in [-0.39, 0.29) is 0 Å². The average Bonchev–Trinajstić information content (AvgIpc) is 2.73. The van der Waals surface area contributed by atoms with E-state index in [0.717, 1.165) is 12.3 Å². The van der Waals surface area contributed by atoms with Gasteiger partial charge in [0.1, 0.15) is 0 Å². The van der Waals surface area contributed by atoms with Gasteiger partial charge in [-0.3, -0.25) is 11.3 Å². The van der Waals surface area contributed by atoms with E-state index < -0.39 is 0 Å². The van der Waals surface area contributed by atoms with E-state index in [1.54, 1.807) is 0 Å². The maximum Gasteiger partial charge on any atom is 0.0314 e. The Labute approximate surface area is 110 Å². The van der Waals surface area contributed by atoms with E-state index in [4.69, 9.17) is 5.84 Å². The molecule has 1 unspecified atom stereocenters. The van der Waals surface area contributed by atoms with Crippen molar-refractivity contribution < 1.29 is 0 Å². The lowest BCUT2D eigenvalue weighted by Gasteiger charge is -2.29. The van der Waals surface area contributed by atoms with E-state index in [0.29, 0.717) is 6.04 Å². The van der Waals surface area contributed by atoms with E-state index in [1.807, 2.05) is 11.3 Å². The van der Waals surface area contributed by atoms with Gasteiger partial charge in [0, 0.05) is 15.4 Å². The molecule has 2 rings (SSSR count). The second-order valence-electron chi connectivity index (χ2n) is 4.57. The summed E-state index contributed by atoms with van der Waals surface area (Å²) in [5, 5.41) is 2.13. The Morgan fingerprint density at radius 3 is 2.75 bits per heavy atom. The normalized spacial score (nSPS) is 19.9. The largest absolute Gasteiger partial charge is 0.271 e. The Morgan fingerprint density at radius 1 is 1.44 bits per heavy atom. The van der Waals surface area contributed by atoms with Gasteiger partial charge in [-0.25, -0.2) is 0 Å². The molecule has 1 aliphatic carbocycles. The minimum Gasteiger partial charge on any atom is -0.271 e. The van der Waals surface area contributed by atoms with Crippen molar-refractivity contribution in [2.24, 2.45) is 11.8 Å². The van der Waals surface area contributed by atoms with Crippen LogP contribution in [0.2, 0.25) is 0 Å². The standard InChI is InChI=1S/C12H19BrN2S/c13-10-6-7-16-12(10)8-11(15-14)9-4-2-1-3-5-9/h6-7,9,11,15H,1-5,8,14H2. The molecule has 16 heavy (non-hydrogen) atoms. The highest BCUT2D eigenvalue weighted by molar-refractivity contribution is 9.10. The molecule has 90 valence electrons. The molecule has 1 saturated carbocycles. The smallest absolute Gasteiger partial charge is 0.0314 e. The van der Waals surface area contributed by atoms with Crippen molar-refractivity contribution >= 4 is 27.3 Å². The number of thiophene rings is 1. The highest BCUT2D eigenvalue weighted by Crippen LogP contribution is 2.30. The van der Waals surface area contributed by atoms with Crippen molar-refractivity contribution in [1.29, 1.82) is 0 Å². The predicted molar refractivity (Wildman–Crippen MR) is 73.4 cm³/mol. The van der Waals surface area contributed by atoms with E-state index in [2.05, 4.69) is 32.8 Å². The van der Waals surface area contributed by atoms with E-state index in [9.17, 15) is 0 Å². The molecule has 1 fully saturated rings. The zero-order valence-electron chi connectivity index (χ0n) is 9.42. The van der Waals surface area contributed by atoms with Gasteiger partial charge in [0.05, 0.1) is 0 Å². The molecule has 1 atom stereocenters. The molecule has 0 bridgehead atoms. The first-order chi connectivity index (χ1) is 7.81. The number of halogens is 1. The molecule has 4 heteroatoms. The van der Waals surface area contributed by atoms with Crippen molar-refractivity contribution in [1.82, 2.24) is 5.43 Å². The summed E-state index contributed by atoms with van der Waals surface area (Å²) in [5.41, 5.74) is 3.02. The number of hydrazine groups is 1. The van der Waals surface area contributed by atoms with Crippen LogP contribution in [-0.4, -0.2) is 6.04 Å². The average molecular weight is 303 g/mol. The predicted octanol–water partition coefficient (Wildman–Crippen LogP) is 3.47. The third-order valence-electron chi connectivity index (χ3n) is 3.53. The van der Waals surface area contributed by atoms with Gasteiger partial charge in [-0.15, -0.1) is 11.3 Å². The number of rotatable bonds is 4. The van der Waals surface area contributed by atoms with Crippen LogP contribution in [0, 0.1) is 5.92 Å². The molecule has 0 radical (unpaired) electrons. The fraction of sp³-hybridized carbons (Fsp3) is 0.667. The Balaban J connectivity index is 1.97. The fourth-order valence-electron chi connectivity index (χ4n) is 2.57. The van der Waals surface area contributed by atoms with Crippen LogP contribution >= 0.6 is 27.3 Å². The Bertz CT molecular complexity index is 321. The Kier molecular flexibility index (Phi) is 4.82. The molecule has 0 spiro atoms. The first-order valence-electron chi connectivity index (χ1n) is 5.99. The summed E-state index contributed by atoms with van der Waals surface area (Å²) in [6.07, 6.45) is 7.86. The van der Waals surface area contributed by atoms with E-state index in [1.165, 1.54) is 41.5 Å². The molecule has 1 aliphatic rings. The van der Waals surface area contributed by atoms with Gasteiger partial charge in [0.2, 0.25) is 0 Å². The summed E-state index contributed by atoms with van der Waals surface area (Å²) in [5.74, 6) is 6.47. The molecule has 1 aromatic rings. The second-order valence-corrected chi connectivity index (χ2v) is 6.42. The molecule has 0 saturated heterocycles. The third-order valence-corrected chi connectivity index (χ3v) is 5.48. The highest BCUT2D eigenvalue weighted by Gasteiger charge is 2.23. The van der Waals surface area contributed by atoms with Crippen LogP contribution in [0.5, 0.6) is 0 Å². The molecular weight excluding hydrogens is 284 g/mol. The molecule has 1 aromatic heterocycles. The van der Waals surface area contributed by atoms with Crippen molar-refractivity contribution in [2.45, 2.75) is 44.6 Å². The lowest BCUT2D eigenvalue weighted by molar-refractivity contribution is 0.269. The van der Waals surface area contributed by atoms with Gasteiger partial charge in [0.15, 0.2) is 0 Å². The Hall–Kier alpha value is 0.100. The van der Waals surface area contributed by atoms with Gasteiger partial charge in [-0.1, -0.05) is 19.3 Å². The maximum atomic E-state index is 5.71. The summed E-state index contributed by atoms with van der Waals surface area (Å²) in [7, 11) is 0. The lowest BCUT2D eigenvalue weighted by atomic mass is 9.83. The maximum absolute atomic E-state index is 5.71. The summed E-state index contributed by atoms with van der Waals surface area (Å²) in [6.45, 7) is 0. The molecular formula is C12H19BrN2S. The summed E-state index contributed by atoms with van der Waals surface area (Å²) >= 11 is 5.40. The minimum atomic E-state index is 0.440. The second kappa shape index (κ2) is 6.15. The minimum absolute atomic E-state index is 0.440. The SMILES string of the molecule is NNC(Cc1sccc1Br)C1CCCCC1. The van der Waals surface area contributed by atoms with Crippen LogP contribution in [-0.2, 0) is 6.42 Å². The number of nitrogens with one attached hydrogen (secondary N) is 1. The molecule has 3 N–H and O–H groups in total. The van der Waals surface area contributed by atoms with Crippen LogP contribution in [0.25, 0.3) is 0 Å². The van der Waals surface area contributed by atoms with Crippen molar-refractivity contribution in [3.05, 3.63) is 20.8 Å². The topological polar surface area (TPSA) is 38.0 Å². The monoisotopic (exact) mass is 302 g/mol. The molecule has 0 aromatic carbocycles. The van der Waals surface area contributed by atoms with Crippen LogP contribution in [0.3, 0.4) is 0 Å². The van der Waals surface area contributed by atoms with Crippen LogP contribution < -0.4 is 11.3 Å². The van der Waals surface area contributed by atoms with Crippen LogP contribution in [0.1, 0.15) is 37.0 Å². The zero-order valence-corrected chi connectivity index (χ0v) is 11.8. The summed E-state index contributed by atoms with van der Waals surface area (Å²) < 4.78 is 1.23. The first-order valence-corrected chi connectivity index (χ1v) is 7.66. The van der Waals surface area contributed by atoms with Crippen LogP contribution in [0.4, 0.5) is 0 Å². The lowest BCUT2D eigenvalue weighted by Crippen LogP contribution is -2.43. The number of hydrogen-bond acceptors (Lipinski definition) is 3. The van der Waals surface area contributed by atoms with Gasteiger partial charge < -0.3 is 0 Å². The van der Waals surface area contributed by atoms with Crippen LogP contribution in [0.15, 0.2) is 15.9 Å². The molecule has 0 aliphatic heterocycles. The number of nitrogens with two attached hydrogens (primary N) is 1. The number of hydrogen-bond donors (Lipinski definition) is 2. The third kappa shape index (κ3) is 3.06. The summed E-state index contributed by atoms with van der Waals surface area (Å²) in [4.78, 5) is 1.41. The van der Waals surface area contributed by atoms with Crippen molar-refractivity contribution in [2.75, 3.05) is 0 Å². The Morgan fingerprint density at radius 2 is 2.19 bits per heavy atom. The van der Waals surface area contributed by atoms with Gasteiger partial charge >= 0.3 is 0 Å². The quantitative estimate of drug-likeness (QED) is 0.660. The van der Waals surface area contributed by atoms with Gasteiger partial charge in [-0.2, -0.15) is 0 Å². The van der Waals surface area contributed by atoms with Crippen molar-refractivity contribution in [3.8, 4) is 0 Å². The zero-order chi connectivity index (χ0) is 11.4. The first kappa shape index (κ1) is 12.6.